The highest BCUT2D eigenvalue weighted by molar-refractivity contribution is 5.90. The molecule has 0 aliphatic carbocycles. The molecular weight excluding hydrogens is 366 g/mol. The van der Waals surface area contributed by atoms with Crippen LogP contribution in [-0.2, 0) is 0 Å². The van der Waals surface area contributed by atoms with Crippen LogP contribution in [0.1, 0.15) is 28.4 Å². The maximum Gasteiger partial charge on any atom is 0.291 e. The number of carbonyl (C=O) groups is 1. The van der Waals surface area contributed by atoms with E-state index in [2.05, 4.69) is 60.5 Å². The summed E-state index contributed by atoms with van der Waals surface area (Å²) in [6.45, 7) is 9.57. The van der Waals surface area contributed by atoms with E-state index >= 15 is 0 Å². The molecule has 0 saturated carbocycles. The number of benzene rings is 1. The molecule has 1 fully saturated rings. The number of carbonyl (C=O) groups excluding carboxylic acids is 1. The van der Waals surface area contributed by atoms with Crippen molar-refractivity contribution >= 4 is 17.4 Å². The topological polar surface area (TPSA) is 78.7 Å². The molecule has 29 heavy (non-hydrogen) atoms. The first-order valence-corrected chi connectivity index (χ1v) is 10.1. The minimum Gasteiger partial charge on any atom is -0.369 e. The molecule has 3 heterocycles. The lowest BCUT2D eigenvalue weighted by Gasteiger charge is -2.36. The number of piperazine rings is 1. The van der Waals surface area contributed by atoms with Crippen LogP contribution < -0.4 is 10.2 Å². The smallest absolute Gasteiger partial charge is 0.291 e. The fourth-order valence-corrected chi connectivity index (χ4v) is 3.71. The van der Waals surface area contributed by atoms with Gasteiger partial charge in [-0.15, -0.1) is 5.10 Å². The lowest BCUT2D eigenvalue weighted by molar-refractivity contribution is 0.0941. The van der Waals surface area contributed by atoms with E-state index in [1.807, 2.05) is 19.9 Å². The van der Waals surface area contributed by atoms with Crippen molar-refractivity contribution in [1.82, 2.24) is 29.8 Å². The van der Waals surface area contributed by atoms with Crippen LogP contribution in [-0.4, -0.2) is 69.7 Å². The molecule has 1 aromatic carbocycles. The Labute approximate surface area is 170 Å². The molecule has 4 rings (SSSR count). The quantitative estimate of drug-likeness (QED) is 0.642. The van der Waals surface area contributed by atoms with Crippen LogP contribution in [0.25, 0.3) is 5.78 Å². The van der Waals surface area contributed by atoms with Crippen molar-refractivity contribution in [3.8, 4) is 0 Å². The van der Waals surface area contributed by atoms with Gasteiger partial charge in [0.25, 0.3) is 11.7 Å². The molecule has 0 atom stereocenters. The first-order valence-electron chi connectivity index (χ1n) is 10.1. The number of aryl methyl sites for hydroxylation is 2. The van der Waals surface area contributed by atoms with Crippen LogP contribution in [0.5, 0.6) is 0 Å². The predicted molar refractivity (Wildman–Crippen MR) is 112 cm³/mol. The summed E-state index contributed by atoms with van der Waals surface area (Å²) in [4.78, 5) is 25.8. The van der Waals surface area contributed by atoms with Gasteiger partial charge in [-0.1, -0.05) is 18.2 Å². The highest BCUT2D eigenvalue weighted by atomic mass is 16.2. The van der Waals surface area contributed by atoms with Crippen LogP contribution in [0.4, 0.5) is 5.69 Å². The first kappa shape index (κ1) is 19.3. The molecule has 152 valence electrons. The van der Waals surface area contributed by atoms with E-state index in [1.165, 1.54) is 5.69 Å². The van der Waals surface area contributed by atoms with E-state index in [-0.39, 0.29) is 11.7 Å². The second-order valence-electron chi connectivity index (χ2n) is 7.46. The molecule has 0 bridgehead atoms. The normalized spacial score (nSPS) is 15.0. The average molecular weight is 393 g/mol. The highest BCUT2D eigenvalue weighted by Gasteiger charge is 2.17. The van der Waals surface area contributed by atoms with Crippen LogP contribution in [0.3, 0.4) is 0 Å². The van der Waals surface area contributed by atoms with Crippen molar-refractivity contribution in [3.05, 3.63) is 53.6 Å². The summed E-state index contributed by atoms with van der Waals surface area (Å²) in [6, 6.07) is 12.5. The first-order chi connectivity index (χ1) is 14.1. The number of hydrogen-bond acceptors (Lipinski definition) is 6. The largest absolute Gasteiger partial charge is 0.369 e. The molecule has 8 nitrogen and oxygen atoms in total. The molecule has 1 aliphatic heterocycles. The Bertz CT molecular complexity index is 977. The average Bonchev–Trinajstić information content (AvgIpc) is 3.17. The van der Waals surface area contributed by atoms with Crippen molar-refractivity contribution in [1.29, 1.82) is 0 Å². The lowest BCUT2D eigenvalue weighted by Crippen LogP contribution is -2.47. The molecule has 1 saturated heterocycles. The standard InChI is InChI=1S/C21H27N7O/c1-16-15-17(2)28-21(23-16)24-19(25-28)20(29)22-9-6-10-26-11-13-27(14-12-26)18-7-4-3-5-8-18/h3-5,7-8,15H,6,9-14H2,1-2H3,(H,22,29). The van der Waals surface area contributed by atoms with Crippen LogP contribution in [0.2, 0.25) is 0 Å². The third-order valence-corrected chi connectivity index (χ3v) is 5.25. The van der Waals surface area contributed by atoms with Gasteiger partial charge in [0.2, 0.25) is 5.82 Å². The lowest BCUT2D eigenvalue weighted by atomic mass is 10.2. The van der Waals surface area contributed by atoms with E-state index in [1.54, 1.807) is 4.52 Å². The summed E-state index contributed by atoms with van der Waals surface area (Å²) in [5.41, 5.74) is 3.06. The van der Waals surface area contributed by atoms with E-state index in [0.717, 1.165) is 50.5 Å². The molecular formula is C21H27N7O. The number of para-hydroxylation sites is 1. The third-order valence-electron chi connectivity index (χ3n) is 5.25. The second-order valence-corrected chi connectivity index (χ2v) is 7.46. The molecule has 1 N–H and O–H groups in total. The number of amides is 1. The molecule has 0 spiro atoms. The third kappa shape index (κ3) is 4.54. The number of hydrogen-bond donors (Lipinski definition) is 1. The molecule has 1 aliphatic rings. The molecule has 3 aromatic rings. The van der Waals surface area contributed by atoms with Crippen LogP contribution in [0, 0.1) is 13.8 Å². The van der Waals surface area contributed by atoms with Gasteiger partial charge in [-0.2, -0.15) is 4.98 Å². The fraction of sp³-hybridized carbons (Fsp3) is 0.429. The van der Waals surface area contributed by atoms with Gasteiger partial charge >= 0.3 is 0 Å². The Morgan fingerprint density at radius 2 is 1.83 bits per heavy atom. The van der Waals surface area contributed by atoms with E-state index in [4.69, 9.17) is 0 Å². The zero-order chi connectivity index (χ0) is 20.2. The van der Waals surface area contributed by atoms with Gasteiger partial charge in [-0.3, -0.25) is 9.69 Å². The van der Waals surface area contributed by atoms with E-state index in [9.17, 15) is 4.79 Å². The Morgan fingerprint density at radius 1 is 1.07 bits per heavy atom. The maximum absolute atomic E-state index is 12.4. The van der Waals surface area contributed by atoms with Gasteiger partial charge in [0.1, 0.15) is 0 Å². The Balaban J connectivity index is 1.21. The minimum atomic E-state index is -0.249. The highest BCUT2D eigenvalue weighted by Crippen LogP contribution is 2.15. The Morgan fingerprint density at radius 3 is 2.59 bits per heavy atom. The van der Waals surface area contributed by atoms with Crippen molar-refractivity contribution in [2.75, 3.05) is 44.2 Å². The summed E-state index contributed by atoms with van der Waals surface area (Å²) in [6.07, 6.45) is 0.904. The second kappa shape index (κ2) is 8.57. The minimum absolute atomic E-state index is 0.169. The number of nitrogens with zero attached hydrogens (tertiary/aromatic N) is 6. The Kier molecular flexibility index (Phi) is 5.71. The number of aromatic nitrogens is 4. The molecule has 8 heteroatoms. The molecule has 0 radical (unpaired) electrons. The molecule has 0 unspecified atom stereocenters. The fourth-order valence-electron chi connectivity index (χ4n) is 3.71. The predicted octanol–water partition coefficient (Wildman–Crippen LogP) is 1.68. The van der Waals surface area contributed by atoms with E-state index < -0.39 is 0 Å². The van der Waals surface area contributed by atoms with Crippen molar-refractivity contribution in [2.24, 2.45) is 0 Å². The molecule has 1 amide bonds. The van der Waals surface area contributed by atoms with Gasteiger partial charge in [-0.25, -0.2) is 9.50 Å². The van der Waals surface area contributed by atoms with Gasteiger partial charge in [0.05, 0.1) is 0 Å². The monoisotopic (exact) mass is 393 g/mol. The summed E-state index contributed by atoms with van der Waals surface area (Å²) < 4.78 is 1.61. The number of rotatable bonds is 6. The number of nitrogens with one attached hydrogen (secondary N) is 1. The summed E-state index contributed by atoms with van der Waals surface area (Å²) >= 11 is 0. The zero-order valence-electron chi connectivity index (χ0n) is 17.0. The van der Waals surface area contributed by atoms with E-state index in [0.29, 0.717) is 12.3 Å². The van der Waals surface area contributed by atoms with Gasteiger partial charge in [-0.05, 0) is 45.0 Å². The molecule has 2 aromatic heterocycles. The SMILES string of the molecule is Cc1cc(C)n2nc(C(=O)NCCCN3CCN(c4ccccc4)CC3)nc2n1. The van der Waals surface area contributed by atoms with Gasteiger partial charge in [0, 0.05) is 49.8 Å². The maximum atomic E-state index is 12.4. The number of fused-ring (bicyclic) bond motifs is 1. The van der Waals surface area contributed by atoms with Crippen LogP contribution >= 0.6 is 0 Å². The Hall–Kier alpha value is -3.00. The van der Waals surface area contributed by atoms with Crippen molar-refractivity contribution in [3.63, 3.8) is 0 Å². The summed E-state index contributed by atoms with van der Waals surface area (Å²) in [7, 11) is 0. The van der Waals surface area contributed by atoms with Gasteiger partial charge in [0.15, 0.2) is 0 Å². The van der Waals surface area contributed by atoms with Crippen molar-refractivity contribution < 1.29 is 4.79 Å². The van der Waals surface area contributed by atoms with Gasteiger partial charge < -0.3 is 10.2 Å². The van der Waals surface area contributed by atoms with Crippen molar-refractivity contribution in [2.45, 2.75) is 20.3 Å². The number of anilines is 1. The van der Waals surface area contributed by atoms with Crippen LogP contribution in [0.15, 0.2) is 36.4 Å². The summed E-state index contributed by atoms with van der Waals surface area (Å²) in [5, 5.41) is 7.20. The zero-order valence-corrected chi connectivity index (χ0v) is 17.0. The summed E-state index contributed by atoms with van der Waals surface area (Å²) in [5.74, 6) is 0.382.